The predicted octanol–water partition coefficient (Wildman–Crippen LogP) is 3.11. The molecule has 1 aromatic carbocycles. The average Bonchev–Trinajstić information content (AvgIpc) is 2.45. The van der Waals surface area contributed by atoms with Gasteiger partial charge in [-0.25, -0.2) is 0 Å². The van der Waals surface area contributed by atoms with E-state index in [4.69, 9.17) is 10.5 Å². The van der Waals surface area contributed by atoms with E-state index in [9.17, 15) is 0 Å². The Hall–Kier alpha value is -1.87. The number of nitrogens with two attached hydrogens (primary N) is 1. The summed E-state index contributed by atoms with van der Waals surface area (Å²) in [5.41, 5.74) is 8.23. The van der Waals surface area contributed by atoms with Gasteiger partial charge in [-0.1, -0.05) is 12.1 Å². The van der Waals surface area contributed by atoms with Crippen LogP contribution in [0.2, 0.25) is 0 Å². The monoisotopic (exact) mass is 256 g/mol. The number of aromatic nitrogens is 1. The third kappa shape index (κ3) is 4.38. The Labute approximate surface area is 114 Å². The van der Waals surface area contributed by atoms with Crippen molar-refractivity contribution in [1.29, 1.82) is 0 Å². The van der Waals surface area contributed by atoms with E-state index in [1.54, 1.807) is 0 Å². The normalized spacial score (nSPS) is 12.1. The van der Waals surface area contributed by atoms with E-state index < -0.39 is 0 Å². The summed E-state index contributed by atoms with van der Waals surface area (Å²) < 4.78 is 5.71. The van der Waals surface area contributed by atoms with Crippen molar-refractivity contribution in [2.24, 2.45) is 5.73 Å². The van der Waals surface area contributed by atoms with Gasteiger partial charge in [0.1, 0.15) is 5.75 Å². The van der Waals surface area contributed by atoms with Gasteiger partial charge in [0.2, 0.25) is 0 Å². The van der Waals surface area contributed by atoms with Crippen molar-refractivity contribution >= 4 is 0 Å². The molecule has 3 heteroatoms. The highest BCUT2D eigenvalue weighted by molar-refractivity contribution is 5.28. The lowest BCUT2D eigenvalue weighted by molar-refractivity contribution is 0.311. The van der Waals surface area contributed by atoms with Crippen LogP contribution in [0, 0.1) is 0 Å². The van der Waals surface area contributed by atoms with E-state index in [2.05, 4.69) is 4.98 Å². The number of aryl methyl sites for hydroxylation is 1. The van der Waals surface area contributed by atoms with Crippen LogP contribution < -0.4 is 10.5 Å². The first-order chi connectivity index (χ1) is 9.25. The third-order valence-corrected chi connectivity index (χ3v) is 3.03. The lowest BCUT2D eigenvalue weighted by Crippen LogP contribution is -2.05. The highest BCUT2D eigenvalue weighted by Gasteiger charge is 1.99. The third-order valence-electron chi connectivity index (χ3n) is 3.03. The van der Waals surface area contributed by atoms with E-state index >= 15 is 0 Å². The molecule has 1 atom stereocenters. The van der Waals surface area contributed by atoms with Crippen LogP contribution in [0.4, 0.5) is 0 Å². The van der Waals surface area contributed by atoms with E-state index in [0.717, 1.165) is 30.8 Å². The Kier molecular flexibility index (Phi) is 4.93. The fourth-order valence-electron chi connectivity index (χ4n) is 1.88. The van der Waals surface area contributed by atoms with Gasteiger partial charge >= 0.3 is 0 Å². The molecule has 1 aromatic heterocycles. The molecule has 2 rings (SSSR count). The van der Waals surface area contributed by atoms with Crippen LogP contribution in [-0.2, 0) is 6.42 Å². The van der Waals surface area contributed by atoms with Crippen molar-refractivity contribution in [3.8, 4) is 5.75 Å². The Balaban J connectivity index is 1.74. The molecule has 2 aromatic rings. The molecule has 0 fully saturated rings. The van der Waals surface area contributed by atoms with Gasteiger partial charge in [0, 0.05) is 18.4 Å². The molecule has 3 nitrogen and oxygen atoms in total. The Morgan fingerprint density at radius 3 is 2.42 bits per heavy atom. The molecule has 0 aliphatic heterocycles. The summed E-state index contributed by atoms with van der Waals surface area (Å²) in [6.45, 7) is 2.70. The zero-order chi connectivity index (χ0) is 13.5. The maximum absolute atomic E-state index is 5.80. The van der Waals surface area contributed by atoms with E-state index in [1.807, 2.05) is 55.7 Å². The summed E-state index contributed by atoms with van der Waals surface area (Å²) in [5.74, 6) is 0.902. The molecule has 0 unspecified atom stereocenters. The quantitative estimate of drug-likeness (QED) is 0.808. The number of hydrogen-bond donors (Lipinski definition) is 1. The number of hydrogen-bond acceptors (Lipinski definition) is 3. The van der Waals surface area contributed by atoms with Crippen molar-refractivity contribution in [3.05, 3.63) is 59.9 Å². The fraction of sp³-hybridized carbons (Fsp3) is 0.312. The number of pyridine rings is 1. The summed E-state index contributed by atoms with van der Waals surface area (Å²) in [5, 5.41) is 0. The minimum absolute atomic E-state index is 0.0701. The molecular formula is C16H20N2O. The zero-order valence-electron chi connectivity index (χ0n) is 11.3. The van der Waals surface area contributed by atoms with E-state index in [-0.39, 0.29) is 6.04 Å². The molecule has 1 heterocycles. The molecule has 0 aliphatic rings. The highest BCUT2D eigenvalue weighted by atomic mass is 16.5. The van der Waals surface area contributed by atoms with Gasteiger partial charge in [0.15, 0.2) is 0 Å². The second-order valence-electron chi connectivity index (χ2n) is 4.67. The maximum atomic E-state index is 5.80. The predicted molar refractivity (Wildman–Crippen MR) is 77.1 cm³/mol. The number of benzene rings is 1. The van der Waals surface area contributed by atoms with Gasteiger partial charge < -0.3 is 10.5 Å². The molecule has 0 aliphatic carbocycles. The van der Waals surface area contributed by atoms with Crippen molar-refractivity contribution in [2.45, 2.75) is 25.8 Å². The van der Waals surface area contributed by atoms with Crippen LogP contribution in [-0.4, -0.2) is 11.6 Å². The molecule has 2 N–H and O–H groups in total. The number of ether oxygens (including phenoxy) is 1. The van der Waals surface area contributed by atoms with Gasteiger partial charge in [-0.15, -0.1) is 0 Å². The molecular weight excluding hydrogens is 236 g/mol. The molecule has 0 amide bonds. The van der Waals surface area contributed by atoms with Crippen LogP contribution in [0.3, 0.4) is 0 Å². The summed E-state index contributed by atoms with van der Waals surface area (Å²) in [6.07, 6.45) is 5.66. The van der Waals surface area contributed by atoms with Gasteiger partial charge in [-0.05, 0) is 55.2 Å². The molecule has 19 heavy (non-hydrogen) atoms. The maximum Gasteiger partial charge on any atom is 0.119 e. The van der Waals surface area contributed by atoms with Gasteiger partial charge in [0.05, 0.1) is 6.61 Å². The second-order valence-corrected chi connectivity index (χ2v) is 4.67. The van der Waals surface area contributed by atoms with Gasteiger partial charge in [-0.3, -0.25) is 4.98 Å². The summed E-state index contributed by atoms with van der Waals surface area (Å²) >= 11 is 0. The first-order valence-electron chi connectivity index (χ1n) is 6.63. The second kappa shape index (κ2) is 6.90. The lowest BCUT2D eigenvalue weighted by atomic mass is 10.1. The van der Waals surface area contributed by atoms with Gasteiger partial charge in [0.25, 0.3) is 0 Å². The molecule has 0 spiro atoms. The van der Waals surface area contributed by atoms with E-state index in [0.29, 0.717) is 0 Å². The van der Waals surface area contributed by atoms with Crippen molar-refractivity contribution in [3.63, 3.8) is 0 Å². The minimum atomic E-state index is 0.0701. The minimum Gasteiger partial charge on any atom is -0.494 e. The highest BCUT2D eigenvalue weighted by Crippen LogP contribution is 2.16. The topological polar surface area (TPSA) is 48.1 Å². The van der Waals surface area contributed by atoms with Crippen LogP contribution in [0.25, 0.3) is 0 Å². The SMILES string of the molecule is C[C@H](N)c1ccc(OCCCc2ccncc2)cc1. The molecule has 0 radical (unpaired) electrons. The molecule has 0 bridgehead atoms. The van der Waals surface area contributed by atoms with E-state index in [1.165, 1.54) is 5.56 Å². The Morgan fingerprint density at radius 2 is 1.79 bits per heavy atom. The van der Waals surface area contributed by atoms with Crippen LogP contribution >= 0.6 is 0 Å². The fourth-order valence-corrected chi connectivity index (χ4v) is 1.88. The van der Waals surface area contributed by atoms with Crippen molar-refractivity contribution in [1.82, 2.24) is 4.98 Å². The Morgan fingerprint density at radius 1 is 1.11 bits per heavy atom. The summed E-state index contributed by atoms with van der Waals surface area (Å²) in [7, 11) is 0. The van der Waals surface area contributed by atoms with Crippen molar-refractivity contribution in [2.75, 3.05) is 6.61 Å². The average molecular weight is 256 g/mol. The molecule has 0 saturated heterocycles. The van der Waals surface area contributed by atoms with Crippen LogP contribution in [0.5, 0.6) is 5.75 Å². The smallest absolute Gasteiger partial charge is 0.119 e. The zero-order valence-corrected chi connectivity index (χ0v) is 11.3. The molecule has 100 valence electrons. The largest absolute Gasteiger partial charge is 0.494 e. The number of nitrogens with zero attached hydrogens (tertiary/aromatic N) is 1. The summed E-state index contributed by atoms with van der Waals surface area (Å²) in [4.78, 5) is 4.00. The Bertz CT molecular complexity index is 480. The standard InChI is InChI=1S/C16H20N2O/c1-13(17)15-4-6-16(7-5-15)19-12-2-3-14-8-10-18-11-9-14/h4-11,13H,2-3,12,17H2,1H3/t13-/m0/s1. The number of rotatable bonds is 6. The summed E-state index contributed by atoms with van der Waals surface area (Å²) in [6, 6.07) is 12.1. The van der Waals surface area contributed by atoms with Gasteiger partial charge in [-0.2, -0.15) is 0 Å². The molecule has 0 saturated carbocycles. The lowest BCUT2D eigenvalue weighted by Gasteiger charge is -2.09. The van der Waals surface area contributed by atoms with Crippen molar-refractivity contribution < 1.29 is 4.74 Å². The van der Waals surface area contributed by atoms with Crippen LogP contribution in [0.1, 0.15) is 30.5 Å². The first kappa shape index (κ1) is 13.6. The van der Waals surface area contributed by atoms with Crippen LogP contribution in [0.15, 0.2) is 48.8 Å². The first-order valence-corrected chi connectivity index (χ1v) is 6.63.